The van der Waals surface area contributed by atoms with Crippen molar-refractivity contribution in [2.75, 3.05) is 24.6 Å². The van der Waals surface area contributed by atoms with E-state index in [2.05, 4.69) is 10.2 Å². The molecule has 18 heavy (non-hydrogen) atoms. The summed E-state index contributed by atoms with van der Waals surface area (Å²) in [7, 11) is -2.85. The molecule has 0 spiro atoms. The van der Waals surface area contributed by atoms with Gasteiger partial charge in [-0.15, -0.1) is 0 Å². The monoisotopic (exact) mass is 274 g/mol. The van der Waals surface area contributed by atoms with E-state index in [0.717, 1.165) is 13.1 Å². The molecule has 0 aromatic heterocycles. The number of carbonyl (C=O) groups is 1. The second kappa shape index (κ2) is 5.57. The summed E-state index contributed by atoms with van der Waals surface area (Å²) < 4.78 is 22.6. The van der Waals surface area contributed by atoms with Crippen molar-refractivity contribution in [1.29, 1.82) is 0 Å². The van der Waals surface area contributed by atoms with Crippen LogP contribution in [-0.2, 0) is 14.6 Å². The third-order valence-corrected chi connectivity index (χ3v) is 5.68. The second-order valence-electron chi connectivity index (χ2n) is 5.35. The summed E-state index contributed by atoms with van der Waals surface area (Å²) in [5, 5.41) is 2.99. The van der Waals surface area contributed by atoms with Gasteiger partial charge < -0.3 is 5.32 Å². The molecule has 6 heteroatoms. The molecular formula is C12H22N2O3S. The Kier molecular flexibility index (Phi) is 4.27. The number of hydrogen-bond acceptors (Lipinski definition) is 4. The third kappa shape index (κ3) is 3.45. The Morgan fingerprint density at radius 2 is 1.78 bits per heavy atom. The molecule has 2 saturated heterocycles. The largest absolute Gasteiger partial charge is 0.352 e. The molecule has 104 valence electrons. The molecule has 2 aliphatic heterocycles. The maximum atomic E-state index is 12.1. The van der Waals surface area contributed by atoms with Gasteiger partial charge in [0, 0.05) is 6.04 Å². The normalized spacial score (nSPS) is 26.9. The zero-order valence-corrected chi connectivity index (χ0v) is 11.7. The first kappa shape index (κ1) is 13.8. The Morgan fingerprint density at radius 1 is 1.22 bits per heavy atom. The quantitative estimate of drug-likeness (QED) is 0.796. The Labute approximate surface area is 109 Å². The Morgan fingerprint density at radius 3 is 2.33 bits per heavy atom. The zero-order chi connectivity index (χ0) is 13.2. The molecule has 1 N–H and O–H groups in total. The first-order valence-corrected chi connectivity index (χ1v) is 8.55. The van der Waals surface area contributed by atoms with E-state index in [1.54, 1.807) is 0 Å². The van der Waals surface area contributed by atoms with E-state index in [1.807, 2.05) is 6.92 Å². The predicted molar refractivity (Wildman–Crippen MR) is 70.1 cm³/mol. The molecule has 5 nitrogen and oxygen atoms in total. The SMILES string of the molecule is C[C@H](C(=O)NC1CCS(=O)(=O)CC1)N1CCCC1. The lowest BCUT2D eigenvalue weighted by Gasteiger charge is -2.28. The Hall–Kier alpha value is -0.620. The molecule has 0 aliphatic carbocycles. The molecule has 0 unspecified atom stereocenters. The van der Waals surface area contributed by atoms with Crippen molar-refractivity contribution in [1.82, 2.24) is 10.2 Å². The van der Waals surface area contributed by atoms with E-state index in [-0.39, 0.29) is 29.5 Å². The van der Waals surface area contributed by atoms with Crippen molar-refractivity contribution in [2.24, 2.45) is 0 Å². The van der Waals surface area contributed by atoms with Crippen molar-refractivity contribution in [3.63, 3.8) is 0 Å². The van der Waals surface area contributed by atoms with Crippen LogP contribution in [0, 0.1) is 0 Å². The van der Waals surface area contributed by atoms with Gasteiger partial charge in [0.1, 0.15) is 9.84 Å². The molecule has 2 heterocycles. The van der Waals surface area contributed by atoms with Crippen molar-refractivity contribution in [2.45, 2.75) is 44.7 Å². The average Bonchev–Trinajstić information content (AvgIpc) is 2.84. The Bertz CT molecular complexity index is 388. The molecule has 2 rings (SSSR count). The summed E-state index contributed by atoms with van der Waals surface area (Å²) >= 11 is 0. The van der Waals surface area contributed by atoms with E-state index in [4.69, 9.17) is 0 Å². The summed E-state index contributed by atoms with van der Waals surface area (Å²) in [6.45, 7) is 3.92. The lowest BCUT2D eigenvalue weighted by Crippen LogP contribution is -2.49. The number of hydrogen-bond donors (Lipinski definition) is 1. The highest BCUT2D eigenvalue weighted by atomic mass is 32.2. The number of nitrogens with one attached hydrogen (secondary N) is 1. The molecule has 1 amide bonds. The summed E-state index contributed by atoms with van der Waals surface area (Å²) in [4.78, 5) is 14.2. The van der Waals surface area contributed by atoms with Crippen molar-refractivity contribution >= 4 is 15.7 Å². The summed E-state index contributed by atoms with van der Waals surface area (Å²) in [6, 6.07) is -0.0582. The van der Waals surface area contributed by atoms with Crippen LogP contribution in [0.4, 0.5) is 0 Å². The lowest BCUT2D eigenvalue weighted by atomic mass is 10.1. The fraction of sp³-hybridized carbons (Fsp3) is 0.917. The smallest absolute Gasteiger partial charge is 0.237 e. The number of carbonyl (C=O) groups excluding carboxylic acids is 1. The highest BCUT2D eigenvalue weighted by molar-refractivity contribution is 7.91. The average molecular weight is 274 g/mol. The first-order chi connectivity index (χ1) is 8.48. The van der Waals surface area contributed by atoms with Crippen molar-refractivity contribution < 1.29 is 13.2 Å². The molecule has 0 radical (unpaired) electrons. The topological polar surface area (TPSA) is 66.5 Å². The van der Waals surface area contributed by atoms with Gasteiger partial charge in [0.15, 0.2) is 0 Å². The van der Waals surface area contributed by atoms with E-state index < -0.39 is 9.84 Å². The summed E-state index contributed by atoms with van der Waals surface area (Å²) in [5.41, 5.74) is 0. The molecule has 0 aromatic carbocycles. The van der Waals surface area contributed by atoms with Gasteiger partial charge in [-0.05, 0) is 45.7 Å². The fourth-order valence-electron chi connectivity index (χ4n) is 2.65. The molecule has 0 saturated carbocycles. The standard InChI is InChI=1S/C12H22N2O3S/c1-10(14-6-2-3-7-14)12(15)13-11-4-8-18(16,17)9-5-11/h10-11H,2-9H2,1H3,(H,13,15)/t10-/m1/s1. The molecule has 2 fully saturated rings. The van der Waals surface area contributed by atoms with Gasteiger partial charge in [0.25, 0.3) is 0 Å². The fourth-order valence-corrected chi connectivity index (χ4v) is 4.14. The number of nitrogens with zero attached hydrogens (tertiary/aromatic N) is 1. The molecule has 2 aliphatic rings. The van der Waals surface area contributed by atoms with E-state index in [0.29, 0.717) is 12.8 Å². The zero-order valence-electron chi connectivity index (χ0n) is 10.9. The number of likely N-dealkylation sites (tertiary alicyclic amines) is 1. The molecular weight excluding hydrogens is 252 g/mol. The van der Waals surface area contributed by atoms with Gasteiger partial charge in [-0.25, -0.2) is 8.42 Å². The van der Waals surface area contributed by atoms with E-state index >= 15 is 0 Å². The predicted octanol–water partition coefficient (Wildman–Crippen LogP) is 0.164. The van der Waals surface area contributed by atoms with Crippen LogP contribution in [0.1, 0.15) is 32.6 Å². The summed E-state index contributed by atoms with van der Waals surface area (Å²) in [5.74, 6) is 0.452. The minimum atomic E-state index is -2.85. The van der Waals surface area contributed by atoms with Crippen LogP contribution in [0.2, 0.25) is 0 Å². The second-order valence-corrected chi connectivity index (χ2v) is 7.66. The maximum Gasteiger partial charge on any atom is 0.237 e. The first-order valence-electron chi connectivity index (χ1n) is 6.73. The van der Waals surface area contributed by atoms with Crippen LogP contribution in [0.25, 0.3) is 0 Å². The van der Waals surface area contributed by atoms with E-state index in [9.17, 15) is 13.2 Å². The Balaban J connectivity index is 1.80. The minimum absolute atomic E-state index is 0.0334. The van der Waals surface area contributed by atoms with Crippen LogP contribution in [0.5, 0.6) is 0 Å². The van der Waals surface area contributed by atoms with Crippen LogP contribution < -0.4 is 5.32 Å². The van der Waals surface area contributed by atoms with E-state index in [1.165, 1.54) is 12.8 Å². The van der Waals surface area contributed by atoms with Crippen LogP contribution in [0.3, 0.4) is 0 Å². The van der Waals surface area contributed by atoms with Gasteiger partial charge in [-0.1, -0.05) is 0 Å². The lowest BCUT2D eigenvalue weighted by molar-refractivity contribution is -0.126. The van der Waals surface area contributed by atoms with Crippen LogP contribution in [-0.4, -0.2) is 55.9 Å². The summed E-state index contributed by atoms with van der Waals surface area (Å²) in [6.07, 6.45) is 3.44. The van der Waals surface area contributed by atoms with Crippen LogP contribution >= 0.6 is 0 Å². The van der Waals surface area contributed by atoms with Crippen LogP contribution in [0.15, 0.2) is 0 Å². The van der Waals surface area contributed by atoms with Crippen molar-refractivity contribution in [3.8, 4) is 0 Å². The number of amides is 1. The number of rotatable bonds is 3. The number of sulfone groups is 1. The molecule has 1 atom stereocenters. The van der Waals surface area contributed by atoms with Gasteiger partial charge >= 0.3 is 0 Å². The van der Waals surface area contributed by atoms with Crippen molar-refractivity contribution in [3.05, 3.63) is 0 Å². The van der Waals surface area contributed by atoms with Gasteiger partial charge in [-0.2, -0.15) is 0 Å². The highest BCUT2D eigenvalue weighted by Crippen LogP contribution is 2.14. The molecule has 0 aromatic rings. The van der Waals surface area contributed by atoms with Gasteiger partial charge in [0.2, 0.25) is 5.91 Å². The third-order valence-electron chi connectivity index (χ3n) is 3.97. The minimum Gasteiger partial charge on any atom is -0.352 e. The van der Waals surface area contributed by atoms with Gasteiger partial charge in [0.05, 0.1) is 17.5 Å². The molecule has 0 bridgehead atoms. The van der Waals surface area contributed by atoms with Gasteiger partial charge in [-0.3, -0.25) is 9.69 Å². The highest BCUT2D eigenvalue weighted by Gasteiger charge is 2.28. The maximum absolute atomic E-state index is 12.1.